The molecule has 2 aromatic carbocycles. The number of nitrogens with one attached hydrogen (secondary N) is 1. The van der Waals surface area contributed by atoms with Crippen LogP contribution < -0.4 is 10.0 Å². The highest BCUT2D eigenvalue weighted by atomic mass is 16.4. The third-order valence-corrected chi connectivity index (χ3v) is 4.62. The SMILES string of the molecule is CCN(C(=O)Cc1c(C(=O)[O-])[nH]c2ccccc12)c1cc(C)ccc1C. The van der Waals surface area contributed by atoms with E-state index < -0.39 is 5.97 Å². The second-order valence-corrected chi connectivity index (χ2v) is 6.42. The number of carboxylic acids is 1. The van der Waals surface area contributed by atoms with Gasteiger partial charge in [0.25, 0.3) is 0 Å². The van der Waals surface area contributed by atoms with Gasteiger partial charge < -0.3 is 19.8 Å². The van der Waals surface area contributed by atoms with Gasteiger partial charge in [0.1, 0.15) is 0 Å². The van der Waals surface area contributed by atoms with Gasteiger partial charge in [-0.1, -0.05) is 30.3 Å². The molecule has 0 aliphatic carbocycles. The van der Waals surface area contributed by atoms with Gasteiger partial charge in [0.15, 0.2) is 0 Å². The number of nitrogens with zero attached hydrogens (tertiary/aromatic N) is 1. The Morgan fingerprint density at radius 2 is 1.85 bits per heavy atom. The molecule has 0 spiro atoms. The molecule has 0 fully saturated rings. The molecule has 0 atom stereocenters. The molecule has 0 saturated heterocycles. The summed E-state index contributed by atoms with van der Waals surface area (Å²) in [6.45, 7) is 6.36. The Kier molecular flexibility index (Phi) is 4.80. The van der Waals surface area contributed by atoms with Crippen LogP contribution in [0.5, 0.6) is 0 Å². The number of H-pyrrole nitrogens is 1. The lowest BCUT2D eigenvalue weighted by atomic mass is 10.0. The van der Waals surface area contributed by atoms with Gasteiger partial charge >= 0.3 is 0 Å². The quantitative estimate of drug-likeness (QED) is 0.769. The Hall–Kier alpha value is -3.08. The van der Waals surface area contributed by atoms with E-state index in [4.69, 9.17) is 0 Å². The molecular formula is C21H21N2O3-. The smallest absolute Gasteiger partial charge is 0.231 e. The fraction of sp³-hybridized carbons (Fsp3) is 0.238. The number of amides is 1. The highest BCUT2D eigenvalue weighted by molar-refractivity contribution is 6.02. The number of fused-ring (bicyclic) bond motifs is 1. The van der Waals surface area contributed by atoms with Crippen molar-refractivity contribution < 1.29 is 14.7 Å². The second-order valence-electron chi connectivity index (χ2n) is 6.42. The van der Waals surface area contributed by atoms with Crippen LogP contribution >= 0.6 is 0 Å². The van der Waals surface area contributed by atoms with Crippen LogP contribution in [0.25, 0.3) is 10.9 Å². The van der Waals surface area contributed by atoms with E-state index in [0.29, 0.717) is 17.6 Å². The number of anilines is 1. The Morgan fingerprint density at radius 1 is 1.12 bits per heavy atom. The zero-order valence-electron chi connectivity index (χ0n) is 15.1. The number of carbonyl (C=O) groups is 2. The molecule has 26 heavy (non-hydrogen) atoms. The van der Waals surface area contributed by atoms with Crippen molar-refractivity contribution in [2.75, 3.05) is 11.4 Å². The number of para-hydroxylation sites is 1. The van der Waals surface area contributed by atoms with Crippen molar-refractivity contribution in [2.24, 2.45) is 0 Å². The zero-order valence-corrected chi connectivity index (χ0v) is 15.1. The minimum absolute atomic E-state index is 0.00541. The molecule has 0 unspecified atom stereocenters. The average molecular weight is 349 g/mol. The zero-order chi connectivity index (χ0) is 18.8. The maximum absolute atomic E-state index is 13.0. The molecule has 5 heteroatoms. The second kappa shape index (κ2) is 7.04. The minimum Gasteiger partial charge on any atom is -0.543 e. The number of hydrogen-bond donors (Lipinski definition) is 1. The van der Waals surface area contributed by atoms with E-state index in [2.05, 4.69) is 4.98 Å². The largest absolute Gasteiger partial charge is 0.543 e. The normalized spacial score (nSPS) is 10.9. The molecule has 0 saturated carbocycles. The number of hydrogen-bond acceptors (Lipinski definition) is 3. The van der Waals surface area contributed by atoms with Crippen molar-refractivity contribution in [1.29, 1.82) is 0 Å². The third-order valence-electron chi connectivity index (χ3n) is 4.62. The summed E-state index contributed by atoms with van der Waals surface area (Å²) in [6, 6.07) is 13.2. The number of likely N-dealkylation sites (N-methyl/N-ethyl adjacent to an activating group) is 1. The van der Waals surface area contributed by atoms with Crippen LogP contribution in [0.3, 0.4) is 0 Å². The topological polar surface area (TPSA) is 76.2 Å². The molecule has 1 aromatic heterocycles. The van der Waals surface area contributed by atoms with Crippen LogP contribution in [-0.4, -0.2) is 23.4 Å². The molecule has 1 amide bonds. The Labute approximate surface area is 152 Å². The molecule has 134 valence electrons. The Bertz CT molecular complexity index is 988. The summed E-state index contributed by atoms with van der Waals surface area (Å²) >= 11 is 0. The highest BCUT2D eigenvalue weighted by Gasteiger charge is 2.21. The van der Waals surface area contributed by atoms with Gasteiger partial charge in [-0.2, -0.15) is 0 Å². The first-order valence-corrected chi connectivity index (χ1v) is 8.61. The van der Waals surface area contributed by atoms with Gasteiger partial charge in [-0.25, -0.2) is 0 Å². The van der Waals surface area contributed by atoms with E-state index in [-0.39, 0.29) is 18.0 Å². The molecule has 1 N–H and O–H groups in total. The van der Waals surface area contributed by atoms with Crippen molar-refractivity contribution in [1.82, 2.24) is 4.98 Å². The van der Waals surface area contributed by atoms with Crippen LogP contribution in [0.1, 0.15) is 34.1 Å². The van der Waals surface area contributed by atoms with Crippen LogP contribution in [0.4, 0.5) is 5.69 Å². The summed E-state index contributed by atoms with van der Waals surface area (Å²) in [5.41, 5.74) is 4.05. The molecular weight excluding hydrogens is 328 g/mol. The molecule has 0 bridgehead atoms. The summed E-state index contributed by atoms with van der Waals surface area (Å²) in [5.74, 6) is -1.45. The van der Waals surface area contributed by atoms with E-state index >= 15 is 0 Å². The molecule has 0 radical (unpaired) electrons. The first-order valence-electron chi connectivity index (χ1n) is 8.61. The Morgan fingerprint density at radius 3 is 2.54 bits per heavy atom. The fourth-order valence-electron chi connectivity index (χ4n) is 3.30. The number of aryl methyl sites for hydroxylation is 2. The van der Waals surface area contributed by atoms with Crippen LogP contribution in [0.15, 0.2) is 42.5 Å². The number of carbonyl (C=O) groups excluding carboxylic acids is 2. The summed E-state index contributed by atoms with van der Waals surface area (Å²) in [4.78, 5) is 29.1. The van der Waals surface area contributed by atoms with Gasteiger partial charge in [0.2, 0.25) is 5.91 Å². The number of aromatic amines is 1. The summed E-state index contributed by atoms with van der Waals surface area (Å²) in [5, 5.41) is 12.2. The van der Waals surface area contributed by atoms with Crippen molar-refractivity contribution in [2.45, 2.75) is 27.2 Å². The van der Waals surface area contributed by atoms with Gasteiger partial charge in [0.05, 0.1) is 18.1 Å². The van der Waals surface area contributed by atoms with Gasteiger partial charge in [-0.3, -0.25) is 4.79 Å². The maximum atomic E-state index is 13.0. The van der Waals surface area contributed by atoms with Crippen molar-refractivity contribution in [3.05, 3.63) is 64.8 Å². The third kappa shape index (κ3) is 3.20. The van der Waals surface area contributed by atoms with Gasteiger partial charge in [0, 0.05) is 23.1 Å². The predicted molar refractivity (Wildman–Crippen MR) is 100 cm³/mol. The van der Waals surface area contributed by atoms with Crippen LogP contribution in [0, 0.1) is 13.8 Å². The van der Waals surface area contributed by atoms with E-state index in [1.807, 2.05) is 57.2 Å². The first kappa shape index (κ1) is 17.7. The molecule has 3 aromatic rings. The van der Waals surface area contributed by atoms with Gasteiger partial charge in [-0.15, -0.1) is 0 Å². The van der Waals surface area contributed by atoms with Crippen molar-refractivity contribution in [3.63, 3.8) is 0 Å². The maximum Gasteiger partial charge on any atom is 0.231 e. The first-order chi connectivity index (χ1) is 12.4. The van der Waals surface area contributed by atoms with Gasteiger partial charge in [-0.05, 0) is 49.6 Å². The molecule has 5 nitrogen and oxygen atoms in total. The molecule has 0 aliphatic rings. The number of aromatic nitrogens is 1. The van der Waals surface area contributed by atoms with Crippen molar-refractivity contribution in [3.8, 4) is 0 Å². The lowest BCUT2D eigenvalue weighted by Crippen LogP contribution is -2.33. The molecule has 1 heterocycles. The number of aromatic carboxylic acids is 1. The summed E-state index contributed by atoms with van der Waals surface area (Å²) in [7, 11) is 0. The average Bonchev–Trinajstić information content (AvgIpc) is 2.97. The summed E-state index contributed by atoms with van der Waals surface area (Å²) in [6.07, 6.45) is -0.00541. The van der Waals surface area contributed by atoms with E-state index in [0.717, 1.165) is 22.2 Å². The predicted octanol–water partition coefficient (Wildman–Crippen LogP) is 2.74. The van der Waals surface area contributed by atoms with Crippen LogP contribution in [-0.2, 0) is 11.2 Å². The lowest BCUT2D eigenvalue weighted by molar-refractivity contribution is -0.255. The fourth-order valence-corrected chi connectivity index (χ4v) is 3.30. The van der Waals surface area contributed by atoms with Crippen LogP contribution in [0.2, 0.25) is 0 Å². The van der Waals surface area contributed by atoms with E-state index in [1.54, 1.807) is 11.0 Å². The Balaban J connectivity index is 2.01. The molecule has 3 rings (SSSR count). The minimum atomic E-state index is -1.31. The van der Waals surface area contributed by atoms with Crippen molar-refractivity contribution >= 4 is 28.5 Å². The number of rotatable bonds is 5. The van der Waals surface area contributed by atoms with E-state index in [9.17, 15) is 14.7 Å². The monoisotopic (exact) mass is 349 g/mol. The van der Waals surface area contributed by atoms with E-state index in [1.165, 1.54) is 0 Å². The standard InChI is InChI=1S/C21H22N2O3/c1-4-23(18-11-13(2)9-10-14(18)3)19(24)12-16-15-7-5-6-8-17(15)22-20(16)21(25)26/h5-11,22H,4,12H2,1-3H3,(H,25,26)/p-1. The lowest BCUT2D eigenvalue weighted by Gasteiger charge is -2.24. The highest BCUT2D eigenvalue weighted by Crippen LogP contribution is 2.26. The molecule has 0 aliphatic heterocycles. The number of carboxylic acid groups (broad SMARTS) is 1. The summed E-state index contributed by atoms with van der Waals surface area (Å²) < 4.78 is 0. The number of benzene rings is 2.